The first-order valence-corrected chi connectivity index (χ1v) is 12.2. The normalized spacial score (nSPS) is 16.7. The molecule has 33 heavy (non-hydrogen) atoms. The van der Waals surface area contributed by atoms with Crippen LogP contribution in [0.1, 0.15) is 25.0 Å². The minimum absolute atomic E-state index is 0.254. The number of carbonyl (C=O) groups is 1. The number of likely N-dealkylation sites (tertiary alicyclic amines) is 1. The molecule has 8 nitrogen and oxygen atoms in total. The van der Waals surface area contributed by atoms with Crippen LogP contribution in [0.25, 0.3) is 26.8 Å². The van der Waals surface area contributed by atoms with Gasteiger partial charge in [0.15, 0.2) is 0 Å². The summed E-state index contributed by atoms with van der Waals surface area (Å²) < 4.78 is 1.14. The first-order valence-electron chi connectivity index (χ1n) is 11.4. The highest BCUT2D eigenvalue weighted by Gasteiger charge is 2.21. The Morgan fingerprint density at radius 1 is 1.15 bits per heavy atom. The standard InChI is InChI=1S/C24H25N7OS/c32-22(6-9-30-7-1-8-30)31-10-4-16(5-11-31)20-13-18-23(25-14-26-24(18)29-20)28-17-2-3-19-21(12-17)33-15-27-19/h2-4,12-15H,1,5-11H2,(H2,25,26,28,29). The molecule has 2 aliphatic rings. The Balaban J connectivity index is 1.18. The third-order valence-electron chi connectivity index (χ3n) is 6.52. The second kappa shape index (κ2) is 8.57. The lowest BCUT2D eigenvalue weighted by atomic mass is 10.0. The second-order valence-corrected chi connectivity index (χ2v) is 9.48. The van der Waals surface area contributed by atoms with E-state index in [-0.39, 0.29) is 5.91 Å². The zero-order valence-corrected chi connectivity index (χ0v) is 19.1. The molecule has 0 bridgehead atoms. The first-order chi connectivity index (χ1) is 16.2. The summed E-state index contributed by atoms with van der Waals surface area (Å²) >= 11 is 1.62. The van der Waals surface area contributed by atoms with Crippen LogP contribution in [-0.4, -0.2) is 68.4 Å². The molecule has 1 amide bonds. The van der Waals surface area contributed by atoms with E-state index in [9.17, 15) is 4.79 Å². The summed E-state index contributed by atoms with van der Waals surface area (Å²) in [7, 11) is 0. The molecule has 2 aliphatic heterocycles. The molecule has 4 aromatic rings. The molecule has 0 radical (unpaired) electrons. The molecule has 0 atom stereocenters. The Hall–Kier alpha value is -3.30. The molecule has 1 saturated heterocycles. The SMILES string of the molecule is O=C(CCN1CCC1)N1CC=C(c2cc3c(Nc4ccc5ncsc5c4)ncnc3[nH]2)CC1. The number of aromatic amines is 1. The van der Waals surface area contributed by atoms with Gasteiger partial charge >= 0.3 is 0 Å². The summed E-state index contributed by atoms with van der Waals surface area (Å²) in [4.78, 5) is 33.5. The summed E-state index contributed by atoms with van der Waals surface area (Å²) in [5, 5.41) is 4.38. The smallest absolute Gasteiger partial charge is 0.224 e. The first kappa shape index (κ1) is 20.3. The van der Waals surface area contributed by atoms with Crippen LogP contribution in [0.5, 0.6) is 0 Å². The molecule has 168 valence electrons. The van der Waals surface area contributed by atoms with E-state index in [4.69, 9.17) is 0 Å². The molecule has 0 spiro atoms. The molecule has 5 heterocycles. The van der Waals surface area contributed by atoms with Crippen LogP contribution in [0.2, 0.25) is 0 Å². The van der Waals surface area contributed by atoms with Crippen molar-refractivity contribution in [2.24, 2.45) is 0 Å². The van der Waals surface area contributed by atoms with E-state index in [1.165, 1.54) is 12.0 Å². The van der Waals surface area contributed by atoms with Gasteiger partial charge in [-0.05, 0) is 55.8 Å². The monoisotopic (exact) mass is 459 g/mol. The van der Waals surface area contributed by atoms with Crippen molar-refractivity contribution in [2.45, 2.75) is 19.3 Å². The number of carbonyl (C=O) groups excluding carboxylic acids is 1. The quantitative estimate of drug-likeness (QED) is 0.453. The Bertz CT molecular complexity index is 1350. The molecule has 6 rings (SSSR count). The molecule has 9 heteroatoms. The Morgan fingerprint density at radius 2 is 2.09 bits per heavy atom. The van der Waals surface area contributed by atoms with Gasteiger partial charge in [-0.3, -0.25) is 4.79 Å². The number of fused-ring (bicyclic) bond motifs is 2. The third-order valence-corrected chi connectivity index (χ3v) is 7.31. The summed E-state index contributed by atoms with van der Waals surface area (Å²) in [6.45, 7) is 4.58. The lowest BCUT2D eigenvalue weighted by Crippen LogP contribution is -2.41. The number of aromatic nitrogens is 4. The maximum atomic E-state index is 12.5. The zero-order valence-electron chi connectivity index (χ0n) is 18.3. The molecule has 2 N–H and O–H groups in total. The van der Waals surface area contributed by atoms with E-state index < -0.39 is 0 Å². The zero-order chi connectivity index (χ0) is 22.2. The number of nitrogens with zero attached hydrogens (tertiary/aromatic N) is 5. The van der Waals surface area contributed by atoms with E-state index >= 15 is 0 Å². The molecule has 0 aliphatic carbocycles. The van der Waals surface area contributed by atoms with Gasteiger partial charge in [0.1, 0.15) is 17.8 Å². The maximum Gasteiger partial charge on any atom is 0.224 e. The average Bonchev–Trinajstić information content (AvgIpc) is 3.45. The summed E-state index contributed by atoms with van der Waals surface area (Å²) in [6.07, 6.45) is 6.45. The number of hydrogen-bond donors (Lipinski definition) is 2. The number of anilines is 2. The van der Waals surface area contributed by atoms with Crippen molar-refractivity contribution in [3.63, 3.8) is 0 Å². The minimum Gasteiger partial charge on any atom is -0.340 e. The molecule has 0 unspecified atom stereocenters. The molecular weight excluding hydrogens is 434 g/mol. The van der Waals surface area contributed by atoms with Gasteiger partial charge in [0.25, 0.3) is 0 Å². The highest BCUT2D eigenvalue weighted by Crippen LogP contribution is 2.30. The fourth-order valence-corrected chi connectivity index (χ4v) is 5.16. The van der Waals surface area contributed by atoms with Crippen LogP contribution in [-0.2, 0) is 4.79 Å². The molecule has 0 saturated carbocycles. The number of nitrogens with one attached hydrogen (secondary N) is 2. The maximum absolute atomic E-state index is 12.5. The predicted octanol–water partition coefficient (Wildman–Crippen LogP) is 4.02. The topological polar surface area (TPSA) is 90.0 Å². The highest BCUT2D eigenvalue weighted by atomic mass is 32.1. The van der Waals surface area contributed by atoms with Crippen molar-refractivity contribution in [3.05, 3.63) is 47.9 Å². The van der Waals surface area contributed by atoms with E-state index in [1.54, 1.807) is 17.7 Å². The van der Waals surface area contributed by atoms with Crippen LogP contribution in [0.3, 0.4) is 0 Å². The summed E-state index contributed by atoms with van der Waals surface area (Å²) in [5.41, 5.74) is 6.89. The third kappa shape index (κ3) is 4.09. The molecular formula is C24H25N7OS. The predicted molar refractivity (Wildman–Crippen MR) is 132 cm³/mol. The number of thiazole rings is 1. The van der Waals surface area contributed by atoms with E-state index in [2.05, 4.69) is 48.4 Å². The number of hydrogen-bond acceptors (Lipinski definition) is 7. The number of rotatable bonds is 6. The lowest BCUT2D eigenvalue weighted by molar-refractivity contribution is -0.131. The van der Waals surface area contributed by atoms with E-state index in [0.29, 0.717) is 13.0 Å². The lowest BCUT2D eigenvalue weighted by Gasteiger charge is -2.32. The van der Waals surface area contributed by atoms with Gasteiger partial charge in [0.05, 0.1) is 21.1 Å². The second-order valence-electron chi connectivity index (χ2n) is 8.59. The van der Waals surface area contributed by atoms with Gasteiger partial charge in [-0.25, -0.2) is 15.0 Å². The van der Waals surface area contributed by atoms with Crippen molar-refractivity contribution in [2.75, 3.05) is 38.0 Å². The number of benzene rings is 1. The van der Waals surface area contributed by atoms with Crippen molar-refractivity contribution < 1.29 is 4.79 Å². The molecule has 3 aromatic heterocycles. The van der Waals surface area contributed by atoms with Gasteiger partial charge in [-0.2, -0.15) is 0 Å². The Kier molecular flexibility index (Phi) is 5.27. The largest absolute Gasteiger partial charge is 0.340 e. The number of amides is 1. The van der Waals surface area contributed by atoms with Crippen molar-refractivity contribution in [3.8, 4) is 0 Å². The summed E-state index contributed by atoms with van der Waals surface area (Å²) in [6, 6.07) is 8.22. The number of H-pyrrole nitrogens is 1. The Labute approximate surface area is 195 Å². The molecule has 1 aromatic carbocycles. The van der Waals surface area contributed by atoms with Crippen LogP contribution < -0.4 is 5.32 Å². The van der Waals surface area contributed by atoms with Crippen LogP contribution in [0.4, 0.5) is 11.5 Å². The van der Waals surface area contributed by atoms with Gasteiger partial charge in [-0.1, -0.05) is 6.08 Å². The highest BCUT2D eigenvalue weighted by molar-refractivity contribution is 7.16. The van der Waals surface area contributed by atoms with Crippen LogP contribution >= 0.6 is 11.3 Å². The fourth-order valence-electron chi connectivity index (χ4n) is 4.44. The van der Waals surface area contributed by atoms with Gasteiger partial charge in [0, 0.05) is 37.4 Å². The molecule has 1 fully saturated rings. The Morgan fingerprint density at radius 3 is 2.91 bits per heavy atom. The van der Waals surface area contributed by atoms with Crippen LogP contribution in [0.15, 0.2) is 42.2 Å². The summed E-state index contributed by atoms with van der Waals surface area (Å²) in [5.74, 6) is 1.02. The van der Waals surface area contributed by atoms with Gasteiger partial charge in [0.2, 0.25) is 5.91 Å². The van der Waals surface area contributed by atoms with E-state index in [0.717, 1.165) is 71.0 Å². The average molecular weight is 460 g/mol. The van der Waals surface area contributed by atoms with Gasteiger partial charge < -0.3 is 20.1 Å². The van der Waals surface area contributed by atoms with Crippen molar-refractivity contribution in [1.29, 1.82) is 0 Å². The van der Waals surface area contributed by atoms with Crippen molar-refractivity contribution >= 4 is 55.6 Å². The van der Waals surface area contributed by atoms with Crippen LogP contribution in [0, 0.1) is 0 Å². The van der Waals surface area contributed by atoms with Crippen molar-refractivity contribution in [1.82, 2.24) is 29.7 Å². The van der Waals surface area contributed by atoms with E-state index in [1.807, 2.05) is 22.5 Å². The van der Waals surface area contributed by atoms with Gasteiger partial charge in [-0.15, -0.1) is 11.3 Å². The fraction of sp³-hybridized carbons (Fsp3) is 0.333. The minimum atomic E-state index is 0.254.